The number of rotatable bonds is 2. The van der Waals surface area contributed by atoms with E-state index in [0.717, 1.165) is 73.5 Å². The summed E-state index contributed by atoms with van der Waals surface area (Å²) in [6, 6.07) is 2.05. The lowest BCUT2D eigenvalue weighted by Gasteiger charge is -2.38. The van der Waals surface area contributed by atoms with E-state index in [2.05, 4.69) is 34.7 Å². The molecule has 5 heterocycles. The molecule has 1 atom stereocenters. The number of hydrogen-bond acceptors (Lipinski definition) is 8. The van der Waals surface area contributed by atoms with E-state index in [1.54, 1.807) is 17.7 Å². The third kappa shape index (κ3) is 2.88. The molecule has 2 fully saturated rings. The summed E-state index contributed by atoms with van der Waals surface area (Å²) in [5, 5.41) is 6.11. The number of carbonyl (C=O) groups excluding carboxylic acids is 1. The highest BCUT2D eigenvalue weighted by atomic mass is 32.1. The second-order valence-corrected chi connectivity index (χ2v) is 9.32. The summed E-state index contributed by atoms with van der Waals surface area (Å²) in [5.41, 5.74) is 1.71. The van der Waals surface area contributed by atoms with Crippen LogP contribution in [0.5, 0.6) is 0 Å². The molecular formula is C19H22N6OS2. The Morgan fingerprint density at radius 2 is 2.00 bits per heavy atom. The van der Waals surface area contributed by atoms with Crippen molar-refractivity contribution in [3.8, 4) is 0 Å². The highest BCUT2D eigenvalue weighted by Crippen LogP contribution is 2.41. The molecule has 7 nitrogen and oxygen atoms in total. The summed E-state index contributed by atoms with van der Waals surface area (Å²) in [7, 11) is 0. The third-order valence-electron chi connectivity index (χ3n) is 6.13. The highest BCUT2D eigenvalue weighted by molar-refractivity contribution is 7.17. The molecule has 5 rings (SSSR count). The Kier molecular flexibility index (Phi) is 4.51. The van der Waals surface area contributed by atoms with Crippen molar-refractivity contribution in [2.24, 2.45) is 0 Å². The monoisotopic (exact) mass is 414 g/mol. The lowest BCUT2D eigenvalue weighted by Crippen LogP contribution is -2.48. The summed E-state index contributed by atoms with van der Waals surface area (Å²) in [4.78, 5) is 27.4. The third-order valence-corrected chi connectivity index (χ3v) is 7.84. The first-order valence-corrected chi connectivity index (χ1v) is 11.4. The number of aromatic nitrogens is 4. The largest absolute Gasteiger partial charge is 0.355 e. The van der Waals surface area contributed by atoms with Crippen LogP contribution in [-0.2, 0) is 0 Å². The smallest absolute Gasteiger partial charge is 0.267 e. The van der Waals surface area contributed by atoms with Gasteiger partial charge in [-0.3, -0.25) is 4.79 Å². The second-order valence-electron chi connectivity index (χ2n) is 7.64. The topological polar surface area (TPSA) is 75.1 Å². The van der Waals surface area contributed by atoms with Gasteiger partial charge in [0.2, 0.25) is 0 Å². The summed E-state index contributed by atoms with van der Waals surface area (Å²) in [5.74, 6) is 1.15. The zero-order valence-electron chi connectivity index (χ0n) is 15.8. The predicted molar refractivity (Wildman–Crippen MR) is 111 cm³/mol. The summed E-state index contributed by atoms with van der Waals surface area (Å²) < 4.78 is 5.12. The Hall–Kier alpha value is -2.13. The van der Waals surface area contributed by atoms with E-state index in [1.807, 2.05) is 13.0 Å². The van der Waals surface area contributed by atoms with Gasteiger partial charge in [-0.2, -0.15) is 0 Å². The van der Waals surface area contributed by atoms with Crippen molar-refractivity contribution in [2.75, 3.05) is 24.5 Å². The molecule has 0 saturated carbocycles. The number of fused-ring (bicyclic) bond motifs is 1. The summed E-state index contributed by atoms with van der Waals surface area (Å²) in [6.45, 7) is 4.58. The predicted octanol–water partition coefficient (Wildman–Crippen LogP) is 3.52. The molecule has 0 bridgehead atoms. The maximum atomic E-state index is 13.2. The van der Waals surface area contributed by atoms with Crippen molar-refractivity contribution in [1.29, 1.82) is 0 Å². The fourth-order valence-electron chi connectivity index (χ4n) is 4.72. The minimum atomic E-state index is -0.0517. The van der Waals surface area contributed by atoms with E-state index in [-0.39, 0.29) is 11.4 Å². The Balaban J connectivity index is 1.41. The molecule has 3 aromatic heterocycles. The zero-order valence-corrected chi connectivity index (χ0v) is 17.4. The van der Waals surface area contributed by atoms with Crippen LogP contribution in [0, 0.1) is 6.92 Å². The first-order valence-electron chi connectivity index (χ1n) is 9.72. The summed E-state index contributed by atoms with van der Waals surface area (Å²) in [6.07, 6.45) is 6.88. The lowest BCUT2D eigenvalue weighted by molar-refractivity contribution is 0.0570. The van der Waals surface area contributed by atoms with Gasteiger partial charge in [0.25, 0.3) is 5.91 Å². The SMILES string of the molecule is Cc1nnsc1C(=O)N1CCC[C@]12CCCN(c1ncnc3ccsc13)CC2. The standard InChI is InChI=1S/C19H22N6OS2/c1-13-15(28-23-22-13)18(26)25-9-3-6-19(25)5-2-8-24(10-7-19)17-16-14(4-11-27-16)20-12-21-17/h4,11-12H,2-3,5-10H2,1H3/t19-/m0/s1. The molecule has 2 aliphatic rings. The van der Waals surface area contributed by atoms with E-state index >= 15 is 0 Å². The maximum Gasteiger partial charge on any atom is 0.267 e. The van der Waals surface area contributed by atoms with Crippen molar-refractivity contribution < 1.29 is 4.79 Å². The minimum Gasteiger partial charge on any atom is -0.355 e. The highest BCUT2D eigenvalue weighted by Gasteiger charge is 2.45. The number of amides is 1. The van der Waals surface area contributed by atoms with Crippen LogP contribution < -0.4 is 4.90 Å². The first kappa shape index (κ1) is 17.9. The quantitative estimate of drug-likeness (QED) is 0.639. The van der Waals surface area contributed by atoms with Gasteiger partial charge in [0, 0.05) is 25.2 Å². The van der Waals surface area contributed by atoms with Crippen LogP contribution in [0.2, 0.25) is 0 Å². The normalized spacial score (nSPS) is 22.9. The van der Waals surface area contributed by atoms with Gasteiger partial charge in [0.1, 0.15) is 17.0 Å². The first-order chi connectivity index (χ1) is 13.7. The molecule has 28 heavy (non-hydrogen) atoms. The number of carbonyl (C=O) groups is 1. The molecule has 0 aliphatic carbocycles. The van der Waals surface area contributed by atoms with Crippen LogP contribution in [0.1, 0.15) is 47.5 Å². The summed E-state index contributed by atoms with van der Waals surface area (Å²) >= 11 is 2.92. The average Bonchev–Trinajstić information content (AvgIpc) is 3.40. The second kappa shape index (κ2) is 7.04. The lowest BCUT2D eigenvalue weighted by atomic mass is 9.87. The van der Waals surface area contributed by atoms with Gasteiger partial charge in [0.05, 0.1) is 15.9 Å². The number of hydrogen-bond donors (Lipinski definition) is 0. The van der Waals surface area contributed by atoms with E-state index < -0.39 is 0 Å². The van der Waals surface area contributed by atoms with Crippen LogP contribution in [0.3, 0.4) is 0 Å². The zero-order chi connectivity index (χ0) is 19.1. The van der Waals surface area contributed by atoms with Crippen LogP contribution >= 0.6 is 22.9 Å². The van der Waals surface area contributed by atoms with Gasteiger partial charge in [-0.05, 0) is 62.0 Å². The molecule has 3 aromatic rings. The van der Waals surface area contributed by atoms with Crippen molar-refractivity contribution in [1.82, 2.24) is 24.5 Å². The van der Waals surface area contributed by atoms with Gasteiger partial charge in [-0.25, -0.2) is 9.97 Å². The molecule has 0 N–H and O–H groups in total. The Morgan fingerprint density at radius 3 is 2.82 bits per heavy atom. The minimum absolute atomic E-state index is 0.0517. The van der Waals surface area contributed by atoms with E-state index in [1.165, 1.54) is 11.5 Å². The molecule has 2 saturated heterocycles. The molecule has 1 spiro atoms. The van der Waals surface area contributed by atoms with E-state index in [9.17, 15) is 4.79 Å². The fourth-order valence-corrected chi connectivity index (χ4v) is 6.19. The van der Waals surface area contributed by atoms with Crippen molar-refractivity contribution in [3.63, 3.8) is 0 Å². The van der Waals surface area contributed by atoms with Crippen LogP contribution in [0.4, 0.5) is 5.82 Å². The Bertz CT molecular complexity index is 1020. The molecule has 0 aromatic carbocycles. The number of anilines is 1. The molecule has 2 aliphatic heterocycles. The van der Waals surface area contributed by atoms with Crippen LogP contribution in [0.25, 0.3) is 10.2 Å². The van der Waals surface area contributed by atoms with Gasteiger partial charge < -0.3 is 9.80 Å². The molecule has 0 radical (unpaired) electrons. The number of nitrogens with zero attached hydrogens (tertiary/aromatic N) is 6. The van der Waals surface area contributed by atoms with E-state index in [0.29, 0.717) is 4.88 Å². The number of thiophene rings is 1. The van der Waals surface area contributed by atoms with Crippen molar-refractivity contribution in [3.05, 3.63) is 28.3 Å². The molecule has 1 amide bonds. The molecule has 146 valence electrons. The van der Waals surface area contributed by atoms with E-state index in [4.69, 9.17) is 0 Å². The van der Waals surface area contributed by atoms with Crippen LogP contribution in [0.15, 0.2) is 17.8 Å². The number of aryl methyl sites for hydroxylation is 1. The Labute approximate surface area is 171 Å². The van der Waals surface area contributed by atoms with Gasteiger partial charge in [-0.15, -0.1) is 16.4 Å². The Morgan fingerprint density at radius 1 is 1.14 bits per heavy atom. The van der Waals surface area contributed by atoms with Crippen molar-refractivity contribution in [2.45, 2.75) is 44.6 Å². The van der Waals surface area contributed by atoms with Gasteiger partial charge >= 0.3 is 0 Å². The fraction of sp³-hybridized carbons (Fsp3) is 0.526. The van der Waals surface area contributed by atoms with Crippen LogP contribution in [-0.4, -0.2) is 55.5 Å². The van der Waals surface area contributed by atoms with Gasteiger partial charge in [0.15, 0.2) is 0 Å². The van der Waals surface area contributed by atoms with Gasteiger partial charge in [-0.1, -0.05) is 4.49 Å². The average molecular weight is 415 g/mol. The molecule has 0 unspecified atom stereocenters. The molecule has 9 heteroatoms. The number of likely N-dealkylation sites (tertiary alicyclic amines) is 1. The van der Waals surface area contributed by atoms with Crippen molar-refractivity contribution >= 4 is 44.8 Å². The molecular weight excluding hydrogens is 392 g/mol. The maximum absolute atomic E-state index is 13.2.